The summed E-state index contributed by atoms with van der Waals surface area (Å²) in [7, 11) is 2.09. The van der Waals surface area contributed by atoms with Crippen molar-refractivity contribution in [2.75, 3.05) is 20.1 Å². The lowest BCUT2D eigenvalue weighted by Gasteiger charge is -2.38. The molecule has 0 radical (unpaired) electrons. The second-order valence-corrected chi connectivity index (χ2v) is 6.21. The molecule has 0 aromatic heterocycles. The highest BCUT2D eigenvalue weighted by atomic mass is 15.2. The molecular formula is C13H28N2. The van der Waals surface area contributed by atoms with Crippen molar-refractivity contribution in [2.45, 2.75) is 59.0 Å². The molecule has 0 aliphatic carbocycles. The highest BCUT2D eigenvalue weighted by molar-refractivity contribution is 4.82. The van der Waals surface area contributed by atoms with Crippen molar-refractivity contribution in [1.29, 1.82) is 0 Å². The molecule has 1 heterocycles. The number of nitrogens with one attached hydrogen (secondary N) is 1. The van der Waals surface area contributed by atoms with Crippen molar-refractivity contribution < 1.29 is 0 Å². The zero-order valence-corrected chi connectivity index (χ0v) is 11.1. The van der Waals surface area contributed by atoms with Crippen LogP contribution in [0.4, 0.5) is 0 Å². The van der Waals surface area contributed by atoms with E-state index in [0.29, 0.717) is 5.41 Å². The maximum Gasteiger partial charge on any atom is 0.00910 e. The van der Waals surface area contributed by atoms with Crippen LogP contribution in [-0.4, -0.2) is 37.1 Å². The number of rotatable bonds is 3. The van der Waals surface area contributed by atoms with Gasteiger partial charge < -0.3 is 10.2 Å². The molecule has 90 valence electrons. The van der Waals surface area contributed by atoms with Crippen LogP contribution in [-0.2, 0) is 0 Å². The summed E-state index contributed by atoms with van der Waals surface area (Å²) < 4.78 is 0. The summed E-state index contributed by atoms with van der Waals surface area (Å²) in [6.07, 6.45) is 3.92. The van der Waals surface area contributed by atoms with Gasteiger partial charge in [0, 0.05) is 12.1 Å². The molecular weight excluding hydrogens is 184 g/mol. The van der Waals surface area contributed by atoms with Crippen LogP contribution in [0, 0.1) is 5.41 Å². The van der Waals surface area contributed by atoms with Crippen LogP contribution < -0.4 is 5.32 Å². The van der Waals surface area contributed by atoms with Gasteiger partial charge in [-0.15, -0.1) is 0 Å². The molecule has 0 aromatic carbocycles. The predicted molar refractivity (Wildman–Crippen MR) is 67.2 cm³/mol. The fourth-order valence-corrected chi connectivity index (χ4v) is 2.29. The number of hydrogen-bond acceptors (Lipinski definition) is 2. The van der Waals surface area contributed by atoms with Crippen LogP contribution in [0.1, 0.15) is 47.0 Å². The fraction of sp³-hybridized carbons (Fsp3) is 1.00. The molecule has 0 bridgehead atoms. The van der Waals surface area contributed by atoms with E-state index >= 15 is 0 Å². The van der Waals surface area contributed by atoms with Gasteiger partial charge in [-0.05, 0) is 51.7 Å². The van der Waals surface area contributed by atoms with E-state index in [4.69, 9.17) is 0 Å². The van der Waals surface area contributed by atoms with E-state index in [0.717, 1.165) is 12.1 Å². The van der Waals surface area contributed by atoms with Gasteiger partial charge in [0.2, 0.25) is 0 Å². The van der Waals surface area contributed by atoms with Gasteiger partial charge >= 0.3 is 0 Å². The molecule has 2 nitrogen and oxygen atoms in total. The topological polar surface area (TPSA) is 15.3 Å². The van der Waals surface area contributed by atoms with E-state index in [2.05, 4.69) is 45.0 Å². The first-order valence-electron chi connectivity index (χ1n) is 6.33. The molecule has 15 heavy (non-hydrogen) atoms. The molecule has 1 aliphatic rings. The molecule has 1 aliphatic heterocycles. The molecule has 1 rings (SSSR count). The number of hydrogen-bond donors (Lipinski definition) is 1. The second kappa shape index (κ2) is 5.31. The molecule has 2 heteroatoms. The summed E-state index contributed by atoms with van der Waals surface area (Å²) in [5.41, 5.74) is 0.472. The second-order valence-electron chi connectivity index (χ2n) is 6.21. The van der Waals surface area contributed by atoms with Crippen molar-refractivity contribution in [2.24, 2.45) is 5.41 Å². The largest absolute Gasteiger partial charge is 0.317 e. The Morgan fingerprint density at radius 1 is 1.33 bits per heavy atom. The number of nitrogens with zero attached hydrogens (tertiary/aromatic N) is 1. The van der Waals surface area contributed by atoms with E-state index in [9.17, 15) is 0 Å². The Kier molecular flexibility index (Phi) is 4.60. The Morgan fingerprint density at radius 2 is 2.00 bits per heavy atom. The summed E-state index contributed by atoms with van der Waals surface area (Å²) >= 11 is 0. The van der Waals surface area contributed by atoms with Crippen LogP contribution in [0.25, 0.3) is 0 Å². The SMILES string of the molecule is CNC1CCN(CCC(C)(C)C)C(C)C1. The number of piperidine rings is 1. The third-order valence-corrected chi connectivity index (χ3v) is 3.57. The van der Waals surface area contributed by atoms with Crippen molar-refractivity contribution in [3.8, 4) is 0 Å². The van der Waals surface area contributed by atoms with Gasteiger partial charge in [-0.2, -0.15) is 0 Å². The van der Waals surface area contributed by atoms with Crippen LogP contribution in [0.15, 0.2) is 0 Å². The molecule has 1 fully saturated rings. The summed E-state index contributed by atoms with van der Waals surface area (Å²) in [5.74, 6) is 0. The van der Waals surface area contributed by atoms with Crippen molar-refractivity contribution >= 4 is 0 Å². The first kappa shape index (κ1) is 13.0. The van der Waals surface area contributed by atoms with Gasteiger partial charge in [0.05, 0.1) is 0 Å². The molecule has 0 spiro atoms. The number of likely N-dealkylation sites (tertiary alicyclic amines) is 1. The van der Waals surface area contributed by atoms with E-state index < -0.39 is 0 Å². The van der Waals surface area contributed by atoms with E-state index in [1.54, 1.807) is 0 Å². The van der Waals surface area contributed by atoms with Crippen LogP contribution in [0.3, 0.4) is 0 Å². The lowest BCUT2D eigenvalue weighted by molar-refractivity contribution is 0.123. The third kappa shape index (κ3) is 4.52. The Morgan fingerprint density at radius 3 is 2.47 bits per heavy atom. The zero-order chi connectivity index (χ0) is 11.5. The minimum atomic E-state index is 0.472. The van der Waals surface area contributed by atoms with Gasteiger partial charge in [-0.3, -0.25) is 0 Å². The Hall–Kier alpha value is -0.0800. The fourth-order valence-electron chi connectivity index (χ4n) is 2.29. The first-order chi connectivity index (χ1) is 6.92. The average molecular weight is 212 g/mol. The minimum absolute atomic E-state index is 0.472. The smallest absolute Gasteiger partial charge is 0.00910 e. The predicted octanol–water partition coefficient (Wildman–Crippen LogP) is 2.49. The average Bonchev–Trinajstić information content (AvgIpc) is 2.14. The van der Waals surface area contributed by atoms with Gasteiger partial charge in [0.15, 0.2) is 0 Å². The molecule has 1 saturated heterocycles. The molecule has 1 N–H and O–H groups in total. The molecule has 2 atom stereocenters. The Balaban J connectivity index is 2.32. The van der Waals surface area contributed by atoms with Gasteiger partial charge in [-0.25, -0.2) is 0 Å². The van der Waals surface area contributed by atoms with Crippen molar-refractivity contribution in [3.63, 3.8) is 0 Å². The summed E-state index contributed by atoms with van der Waals surface area (Å²) in [4.78, 5) is 2.65. The lowest BCUT2D eigenvalue weighted by atomic mass is 9.90. The normalized spacial score (nSPS) is 29.4. The van der Waals surface area contributed by atoms with E-state index in [-0.39, 0.29) is 0 Å². The standard InChI is InChI=1S/C13H28N2/c1-11-10-12(14-5)6-8-15(11)9-7-13(2,3)4/h11-12,14H,6-10H2,1-5H3. The quantitative estimate of drug-likeness (QED) is 0.773. The molecule has 0 aromatic rings. The highest BCUT2D eigenvalue weighted by Crippen LogP contribution is 2.23. The summed E-state index contributed by atoms with van der Waals surface area (Å²) in [6.45, 7) is 11.9. The van der Waals surface area contributed by atoms with Crippen LogP contribution >= 0.6 is 0 Å². The van der Waals surface area contributed by atoms with E-state index in [1.807, 2.05) is 0 Å². The van der Waals surface area contributed by atoms with Crippen LogP contribution in [0.2, 0.25) is 0 Å². The Bertz CT molecular complexity index is 183. The molecule has 0 amide bonds. The monoisotopic (exact) mass is 212 g/mol. The van der Waals surface area contributed by atoms with Crippen molar-refractivity contribution in [3.05, 3.63) is 0 Å². The minimum Gasteiger partial charge on any atom is -0.317 e. The maximum atomic E-state index is 3.40. The van der Waals surface area contributed by atoms with Gasteiger partial charge in [-0.1, -0.05) is 20.8 Å². The molecule has 2 unspecified atom stereocenters. The van der Waals surface area contributed by atoms with E-state index in [1.165, 1.54) is 32.4 Å². The van der Waals surface area contributed by atoms with Gasteiger partial charge in [0.25, 0.3) is 0 Å². The highest BCUT2D eigenvalue weighted by Gasteiger charge is 2.25. The summed E-state index contributed by atoms with van der Waals surface area (Å²) in [5, 5.41) is 3.40. The lowest BCUT2D eigenvalue weighted by Crippen LogP contribution is -2.47. The first-order valence-corrected chi connectivity index (χ1v) is 6.33. The van der Waals surface area contributed by atoms with Gasteiger partial charge in [0.1, 0.15) is 0 Å². The summed E-state index contributed by atoms with van der Waals surface area (Å²) in [6, 6.07) is 1.49. The van der Waals surface area contributed by atoms with Crippen molar-refractivity contribution in [1.82, 2.24) is 10.2 Å². The third-order valence-electron chi connectivity index (χ3n) is 3.57. The Labute approximate surface area is 95.4 Å². The zero-order valence-electron chi connectivity index (χ0n) is 11.1. The molecule has 0 saturated carbocycles. The maximum absolute atomic E-state index is 3.40. The van der Waals surface area contributed by atoms with Crippen LogP contribution in [0.5, 0.6) is 0 Å².